The van der Waals surface area contributed by atoms with Crippen molar-refractivity contribution in [3.8, 4) is 5.75 Å². The highest BCUT2D eigenvalue weighted by Crippen LogP contribution is 2.38. The van der Waals surface area contributed by atoms with Crippen molar-refractivity contribution in [2.45, 2.75) is 81.1 Å². The molecule has 0 saturated heterocycles. The summed E-state index contributed by atoms with van der Waals surface area (Å²) in [4.78, 5) is 0. The molecule has 0 aliphatic carbocycles. The molecule has 0 radical (unpaired) electrons. The molecule has 1 heteroatoms. The molecule has 0 aliphatic rings. The Labute approximate surface area is 134 Å². The Morgan fingerprint density at radius 2 is 1.43 bits per heavy atom. The second-order valence-corrected chi connectivity index (χ2v) is 6.95. The lowest BCUT2D eigenvalue weighted by Crippen LogP contribution is -2.26. The first-order chi connectivity index (χ1) is 8.80. The van der Waals surface area contributed by atoms with Crippen LogP contribution in [-0.4, -0.2) is 6.61 Å². The summed E-state index contributed by atoms with van der Waals surface area (Å²) in [6.45, 7) is 14.6. The minimum Gasteiger partial charge on any atom is -0.494 e. The highest BCUT2D eigenvalue weighted by atomic mass is 16.5. The summed E-state index contributed by atoms with van der Waals surface area (Å²) in [7, 11) is 0. The summed E-state index contributed by atoms with van der Waals surface area (Å²) in [6.07, 6.45) is 3.47. The molecule has 1 nitrogen and oxygen atoms in total. The van der Waals surface area contributed by atoms with Crippen molar-refractivity contribution in [1.82, 2.24) is 0 Å². The smallest absolute Gasteiger partial charge is 0.119 e. The van der Waals surface area contributed by atoms with E-state index >= 15 is 0 Å². The zero-order valence-corrected chi connectivity index (χ0v) is 13.5. The van der Waals surface area contributed by atoms with Crippen LogP contribution in [0.25, 0.3) is 0 Å². The molecule has 0 spiro atoms. The van der Waals surface area contributed by atoms with E-state index in [-0.39, 0.29) is 20.3 Å². The molecule has 1 aromatic rings. The summed E-state index contributed by atoms with van der Waals surface area (Å²) in [5.74, 6) is 0.983. The van der Waals surface area contributed by atoms with Crippen molar-refractivity contribution >= 4 is 0 Å². The van der Waals surface area contributed by atoms with E-state index in [4.69, 9.17) is 4.74 Å². The average Bonchev–Trinajstić information content (AvgIpc) is 2.35. The minimum absolute atomic E-state index is 0. The van der Waals surface area contributed by atoms with Crippen LogP contribution in [0.1, 0.15) is 81.2 Å². The maximum absolute atomic E-state index is 5.64. The van der Waals surface area contributed by atoms with E-state index < -0.39 is 0 Å². The van der Waals surface area contributed by atoms with Gasteiger partial charge in [-0.25, -0.2) is 0 Å². The Balaban J connectivity index is 0. The molecule has 1 aromatic carbocycles. The van der Waals surface area contributed by atoms with Crippen molar-refractivity contribution < 1.29 is 4.74 Å². The lowest BCUT2D eigenvalue weighted by Gasteiger charge is -2.35. The number of hydrogen-bond donors (Lipinski definition) is 0. The Kier molecular flexibility index (Phi) is 9.69. The molecule has 0 aliphatic heterocycles. The van der Waals surface area contributed by atoms with Crippen LogP contribution in [0.2, 0.25) is 0 Å². The fourth-order valence-electron chi connectivity index (χ4n) is 2.65. The third-order valence-electron chi connectivity index (χ3n) is 3.99. The van der Waals surface area contributed by atoms with E-state index in [0.717, 1.165) is 18.8 Å². The topological polar surface area (TPSA) is 9.23 Å². The molecule has 0 heterocycles. The molecule has 1 rings (SSSR count). The van der Waals surface area contributed by atoms with Crippen molar-refractivity contribution in [3.05, 3.63) is 29.8 Å². The molecule has 0 amide bonds. The number of hydrogen-bond acceptors (Lipinski definition) is 1. The third-order valence-corrected chi connectivity index (χ3v) is 3.99. The molecule has 0 N–H and O–H groups in total. The zero-order chi connectivity index (χ0) is 14.5. The van der Waals surface area contributed by atoms with Gasteiger partial charge in [-0.15, -0.1) is 0 Å². The Morgan fingerprint density at radius 3 is 1.86 bits per heavy atom. The van der Waals surface area contributed by atoms with Crippen molar-refractivity contribution in [3.63, 3.8) is 0 Å². The second-order valence-electron chi connectivity index (χ2n) is 6.95. The molecular formula is C20H38O. The van der Waals surface area contributed by atoms with Gasteiger partial charge in [0.2, 0.25) is 0 Å². The molecule has 0 atom stereocenters. The largest absolute Gasteiger partial charge is 0.494 e. The normalized spacial score (nSPS) is 11.3. The summed E-state index contributed by atoms with van der Waals surface area (Å²) in [5.41, 5.74) is 2.00. The van der Waals surface area contributed by atoms with Gasteiger partial charge in [-0.2, -0.15) is 0 Å². The second kappa shape index (κ2) is 9.12. The standard InChI is InChI=1S/C18H30O.2CH4/c1-7-13-19-16-11-9-15(10-12-16)18(5,6)14-17(3,4)8-2;;/h9-12H,7-8,13-14H2,1-6H3;2*1H4. The summed E-state index contributed by atoms with van der Waals surface area (Å²) >= 11 is 0. The first-order valence-corrected chi connectivity index (χ1v) is 7.54. The van der Waals surface area contributed by atoms with E-state index in [9.17, 15) is 0 Å². The van der Waals surface area contributed by atoms with Gasteiger partial charge in [0.1, 0.15) is 5.75 Å². The Morgan fingerprint density at radius 1 is 0.905 bits per heavy atom. The molecule has 0 bridgehead atoms. The van der Waals surface area contributed by atoms with Crippen molar-refractivity contribution in [2.24, 2.45) is 5.41 Å². The number of ether oxygens (including phenoxy) is 1. The van der Waals surface area contributed by atoms with Gasteiger partial charge >= 0.3 is 0 Å². The van der Waals surface area contributed by atoms with Crippen LogP contribution < -0.4 is 4.74 Å². The predicted octanol–water partition coefficient (Wildman–Crippen LogP) is 6.85. The first-order valence-electron chi connectivity index (χ1n) is 7.54. The van der Waals surface area contributed by atoms with Gasteiger partial charge in [0.15, 0.2) is 0 Å². The number of benzene rings is 1. The van der Waals surface area contributed by atoms with Crippen LogP contribution in [-0.2, 0) is 5.41 Å². The van der Waals surface area contributed by atoms with Gasteiger partial charge in [-0.05, 0) is 41.4 Å². The lowest BCUT2D eigenvalue weighted by molar-refractivity contribution is 0.248. The van der Waals surface area contributed by atoms with E-state index in [1.807, 2.05) is 0 Å². The van der Waals surface area contributed by atoms with Crippen LogP contribution in [0, 0.1) is 5.41 Å². The van der Waals surface area contributed by atoms with Gasteiger partial charge in [0, 0.05) is 0 Å². The zero-order valence-electron chi connectivity index (χ0n) is 13.5. The fourth-order valence-corrected chi connectivity index (χ4v) is 2.65. The number of rotatable bonds is 7. The summed E-state index contributed by atoms with van der Waals surface area (Å²) in [5, 5.41) is 0. The summed E-state index contributed by atoms with van der Waals surface area (Å²) < 4.78 is 5.64. The summed E-state index contributed by atoms with van der Waals surface area (Å²) in [6, 6.07) is 8.64. The Bertz CT molecular complexity index is 373. The van der Waals surface area contributed by atoms with Crippen LogP contribution in [0.5, 0.6) is 5.75 Å². The van der Waals surface area contributed by atoms with E-state index in [2.05, 4.69) is 65.8 Å². The maximum Gasteiger partial charge on any atom is 0.119 e. The maximum atomic E-state index is 5.64. The van der Waals surface area contributed by atoms with Crippen LogP contribution in [0.4, 0.5) is 0 Å². The van der Waals surface area contributed by atoms with E-state index in [1.165, 1.54) is 18.4 Å². The van der Waals surface area contributed by atoms with Crippen LogP contribution >= 0.6 is 0 Å². The van der Waals surface area contributed by atoms with Gasteiger partial charge in [0.25, 0.3) is 0 Å². The lowest BCUT2D eigenvalue weighted by atomic mass is 9.70. The van der Waals surface area contributed by atoms with Gasteiger partial charge in [0.05, 0.1) is 6.61 Å². The molecule has 0 aromatic heterocycles. The van der Waals surface area contributed by atoms with Gasteiger partial charge < -0.3 is 4.74 Å². The van der Waals surface area contributed by atoms with E-state index in [1.54, 1.807) is 0 Å². The molecular weight excluding hydrogens is 256 g/mol. The van der Waals surface area contributed by atoms with Crippen LogP contribution in [0.15, 0.2) is 24.3 Å². The molecule has 0 saturated carbocycles. The fraction of sp³-hybridized carbons (Fsp3) is 0.700. The minimum atomic E-state index is 0. The average molecular weight is 295 g/mol. The highest BCUT2D eigenvalue weighted by Gasteiger charge is 2.28. The predicted molar refractivity (Wildman–Crippen MR) is 97.4 cm³/mol. The van der Waals surface area contributed by atoms with Gasteiger partial charge in [-0.1, -0.05) is 74.9 Å². The molecule has 0 fully saturated rings. The Hall–Kier alpha value is -0.980. The van der Waals surface area contributed by atoms with Gasteiger partial charge in [-0.3, -0.25) is 0 Å². The quantitative estimate of drug-likeness (QED) is 0.534. The molecule has 0 unspecified atom stereocenters. The SMILES string of the molecule is C.C.CCCOc1ccc(C(C)(C)CC(C)(C)CC)cc1. The van der Waals surface area contributed by atoms with Crippen LogP contribution in [0.3, 0.4) is 0 Å². The van der Waals surface area contributed by atoms with Crippen molar-refractivity contribution in [1.29, 1.82) is 0 Å². The van der Waals surface area contributed by atoms with Crippen molar-refractivity contribution in [2.75, 3.05) is 6.61 Å². The highest BCUT2D eigenvalue weighted by molar-refractivity contribution is 5.31. The molecule has 21 heavy (non-hydrogen) atoms. The molecule has 124 valence electrons. The first kappa shape index (κ1) is 22.3. The van der Waals surface area contributed by atoms with E-state index in [0.29, 0.717) is 5.41 Å². The third kappa shape index (κ3) is 7.02. The monoisotopic (exact) mass is 294 g/mol.